The number of nitrogens with one attached hydrogen (secondary N) is 1. The molecule has 0 bridgehead atoms. The molecule has 0 aliphatic carbocycles. The summed E-state index contributed by atoms with van der Waals surface area (Å²) in [5.41, 5.74) is 6.46. The van der Waals surface area contributed by atoms with Crippen molar-refractivity contribution in [2.75, 3.05) is 11.9 Å². The fourth-order valence-corrected chi connectivity index (χ4v) is 1.84. The molecule has 0 aromatic heterocycles. The third-order valence-corrected chi connectivity index (χ3v) is 2.87. The van der Waals surface area contributed by atoms with Crippen molar-refractivity contribution in [1.82, 2.24) is 0 Å². The van der Waals surface area contributed by atoms with Crippen molar-refractivity contribution >= 4 is 44.7 Å². The molecule has 0 spiro atoms. The third-order valence-electron chi connectivity index (χ3n) is 2.16. The summed E-state index contributed by atoms with van der Waals surface area (Å²) in [6.45, 7) is 5.65. The van der Waals surface area contributed by atoms with Gasteiger partial charge in [-0.15, -0.1) is 0 Å². The fraction of sp³-hybridized carbons (Fsp3) is 0.385. The number of amides is 1. The van der Waals surface area contributed by atoms with E-state index < -0.39 is 0 Å². The Bertz CT molecular complexity index is 498. The van der Waals surface area contributed by atoms with Gasteiger partial charge in [-0.25, -0.2) is 0 Å². The van der Waals surface area contributed by atoms with E-state index >= 15 is 0 Å². The first-order valence-electron chi connectivity index (χ1n) is 5.72. The molecule has 0 saturated carbocycles. The van der Waals surface area contributed by atoms with Crippen molar-refractivity contribution in [3.63, 3.8) is 0 Å². The SMILES string of the molecule is CC(C)(C)OCC(=O)Nc1cc(Br)ccc1C(N)=S. The molecule has 1 rings (SSSR count). The number of anilines is 1. The average molecular weight is 345 g/mol. The highest BCUT2D eigenvalue weighted by Crippen LogP contribution is 2.21. The van der Waals surface area contributed by atoms with Crippen molar-refractivity contribution in [2.45, 2.75) is 26.4 Å². The lowest BCUT2D eigenvalue weighted by Gasteiger charge is -2.19. The van der Waals surface area contributed by atoms with Crippen LogP contribution >= 0.6 is 28.1 Å². The van der Waals surface area contributed by atoms with Gasteiger partial charge >= 0.3 is 0 Å². The molecule has 6 heteroatoms. The number of carbonyl (C=O) groups excluding carboxylic acids is 1. The van der Waals surface area contributed by atoms with E-state index in [9.17, 15) is 4.79 Å². The van der Waals surface area contributed by atoms with Gasteiger partial charge in [-0.1, -0.05) is 28.1 Å². The predicted molar refractivity (Wildman–Crippen MR) is 84.4 cm³/mol. The Balaban J connectivity index is 2.78. The molecule has 4 nitrogen and oxygen atoms in total. The minimum absolute atomic E-state index is 0.0210. The zero-order valence-corrected chi connectivity index (χ0v) is 13.5. The summed E-state index contributed by atoms with van der Waals surface area (Å²) in [4.78, 5) is 12.0. The summed E-state index contributed by atoms with van der Waals surface area (Å²) in [7, 11) is 0. The first-order chi connectivity index (χ1) is 8.69. The standard InChI is InChI=1S/C13H17BrN2O2S/c1-13(2,3)18-7-11(17)16-10-6-8(14)4-5-9(10)12(15)19/h4-6H,7H2,1-3H3,(H2,15,19)(H,16,17). The van der Waals surface area contributed by atoms with Crippen LogP contribution in [0.5, 0.6) is 0 Å². The Kier molecular flexibility index (Phi) is 5.46. The van der Waals surface area contributed by atoms with E-state index in [-0.39, 0.29) is 23.1 Å². The number of thiocarbonyl (C=S) groups is 1. The van der Waals surface area contributed by atoms with E-state index in [4.69, 9.17) is 22.7 Å². The highest BCUT2D eigenvalue weighted by Gasteiger charge is 2.14. The van der Waals surface area contributed by atoms with Gasteiger partial charge in [-0.3, -0.25) is 4.79 Å². The minimum Gasteiger partial charge on any atom is -0.389 e. The lowest BCUT2D eigenvalue weighted by atomic mass is 10.1. The van der Waals surface area contributed by atoms with Crippen LogP contribution in [0.1, 0.15) is 26.3 Å². The number of nitrogens with two attached hydrogens (primary N) is 1. The molecule has 0 aliphatic rings. The van der Waals surface area contributed by atoms with Gasteiger partial charge < -0.3 is 15.8 Å². The number of ether oxygens (including phenoxy) is 1. The van der Waals surface area contributed by atoms with Crippen LogP contribution in [0.4, 0.5) is 5.69 Å². The number of hydrogen-bond donors (Lipinski definition) is 2. The Morgan fingerprint density at radius 2 is 2.11 bits per heavy atom. The maximum absolute atomic E-state index is 11.8. The van der Waals surface area contributed by atoms with Crippen molar-refractivity contribution in [2.24, 2.45) is 5.73 Å². The van der Waals surface area contributed by atoms with E-state index in [2.05, 4.69) is 21.2 Å². The molecule has 1 aromatic rings. The normalized spacial score (nSPS) is 11.2. The fourth-order valence-electron chi connectivity index (χ4n) is 1.30. The van der Waals surface area contributed by atoms with Gasteiger partial charge in [0.15, 0.2) is 0 Å². The number of hydrogen-bond acceptors (Lipinski definition) is 3. The Morgan fingerprint density at radius 3 is 2.63 bits per heavy atom. The molecule has 0 aliphatic heterocycles. The van der Waals surface area contributed by atoms with Crippen LogP contribution in [0.2, 0.25) is 0 Å². The second-order valence-electron chi connectivity index (χ2n) is 5.00. The monoisotopic (exact) mass is 344 g/mol. The summed E-state index contributed by atoms with van der Waals surface area (Å²) in [6, 6.07) is 5.33. The van der Waals surface area contributed by atoms with Gasteiger partial charge in [0.1, 0.15) is 11.6 Å². The van der Waals surface area contributed by atoms with Gasteiger partial charge in [0.05, 0.1) is 11.3 Å². The van der Waals surface area contributed by atoms with Crippen LogP contribution in [0, 0.1) is 0 Å². The zero-order chi connectivity index (χ0) is 14.6. The topological polar surface area (TPSA) is 64.3 Å². The molecule has 1 amide bonds. The lowest BCUT2D eigenvalue weighted by Crippen LogP contribution is -2.27. The van der Waals surface area contributed by atoms with E-state index in [1.54, 1.807) is 12.1 Å². The summed E-state index contributed by atoms with van der Waals surface area (Å²) in [5, 5.41) is 2.74. The van der Waals surface area contributed by atoms with Crippen LogP contribution in [-0.4, -0.2) is 23.1 Å². The van der Waals surface area contributed by atoms with Crippen molar-refractivity contribution in [3.8, 4) is 0 Å². The van der Waals surface area contributed by atoms with E-state index in [1.807, 2.05) is 26.8 Å². The average Bonchev–Trinajstić information content (AvgIpc) is 2.25. The number of rotatable bonds is 4. The molecule has 0 atom stereocenters. The highest BCUT2D eigenvalue weighted by atomic mass is 79.9. The second-order valence-corrected chi connectivity index (χ2v) is 6.36. The minimum atomic E-state index is -0.361. The second kappa shape index (κ2) is 6.45. The summed E-state index contributed by atoms with van der Waals surface area (Å²) < 4.78 is 6.24. The van der Waals surface area contributed by atoms with Crippen LogP contribution in [0.25, 0.3) is 0 Å². The third kappa shape index (κ3) is 5.67. The van der Waals surface area contributed by atoms with Crippen LogP contribution in [-0.2, 0) is 9.53 Å². The van der Waals surface area contributed by atoms with Crippen molar-refractivity contribution in [1.29, 1.82) is 0 Å². The molecule has 1 aromatic carbocycles. The van der Waals surface area contributed by atoms with Crippen molar-refractivity contribution < 1.29 is 9.53 Å². The van der Waals surface area contributed by atoms with E-state index in [0.29, 0.717) is 11.3 Å². The molecule has 0 fully saturated rings. The zero-order valence-electron chi connectivity index (χ0n) is 11.1. The van der Waals surface area contributed by atoms with Gasteiger partial charge in [0.25, 0.3) is 0 Å². The van der Waals surface area contributed by atoms with Gasteiger partial charge in [0, 0.05) is 10.0 Å². The molecule has 0 radical (unpaired) electrons. The Morgan fingerprint density at radius 1 is 1.47 bits per heavy atom. The summed E-state index contributed by atoms with van der Waals surface area (Å²) in [6.07, 6.45) is 0. The number of benzene rings is 1. The first kappa shape index (κ1) is 16.1. The van der Waals surface area contributed by atoms with Crippen molar-refractivity contribution in [3.05, 3.63) is 28.2 Å². The smallest absolute Gasteiger partial charge is 0.250 e. The van der Waals surface area contributed by atoms with E-state index in [0.717, 1.165) is 4.47 Å². The lowest BCUT2D eigenvalue weighted by molar-refractivity contribution is -0.125. The molecule has 104 valence electrons. The number of halogens is 1. The highest BCUT2D eigenvalue weighted by molar-refractivity contribution is 9.10. The quantitative estimate of drug-likeness (QED) is 0.824. The first-order valence-corrected chi connectivity index (χ1v) is 6.92. The Hall–Kier alpha value is -0.980. The predicted octanol–water partition coefficient (Wildman–Crippen LogP) is 2.84. The van der Waals surface area contributed by atoms with Crippen LogP contribution < -0.4 is 11.1 Å². The Labute approximate surface area is 126 Å². The maximum atomic E-state index is 11.8. The van der Waals surface area contributed by atoms with Crippen LogP contribution in [0.3, 0.4) is 0 Å². The maximum Gasteiger partial charge on any atom is 0.250 e. The molecule has 0 saturated heterocycles. The molecule has 19 heavy (non-hydrogen) atoms. The van der Waals surface area contributed by atoms with Crippen LogP contribution in [0.15, 0.2) is 22.7 Å². The molecular formula is C13H17BrN2O2S. The van der Waals surface area contributed by atoms with Gasteiger partial charge in [-0.05, 0) is 39.0 Å². The summed E-state index contributed by atoms with van der Waals surface area (Å²) >= 11 is 8.29. The molecular weight excluding hydrogens is 328 g/mol. The molecule has 0 unspecified atom stereocenters. The largest absolute Gasteiger partial charge is 0.389 e. The van der Waals surface area contributed by atoms with E-state index in [1.165, 1.54) is 0 Å². The van der Waals surface area contributed by atoms with Gasteiger partial charge in [0.2, 0.25) is 5.91 Å². The summed E-state index contributed by atoms with van der Waals surface area (Å²) in [5.74, 6) is -0.245. The molecule has 3 N–H and O–H groups in total. The molecule has 0 heterocycles. The number of carbonyl (C=O) groups is 1. The van der Waals surface area contributed by atoms with Gasteiger partial charge in [-0.2, -0.15) is 0 Å².